The number of aromatic hydroxyl groups is 1. The minimum absolute atomic E-state index is 0.0684. The van der Waals surface area contributed by atoms with E-state index in [9.17, 15) is 5.11 Å². The molecular formula is C10H6ClN3O2. The summed E-state index contributed by atoms with van der Waals surface area (Å²) in [7, 11) is 0. The number of nitrogens with zero attached hydrogens (tertiary/aromatic N) is 3. The number of aromatic nitrogens is 3. The molecule has 0 saturated heterocycles. The lowest BCUT2D eigenvalue weighted by molar-refractivity contribution is 0.477. The lowest BCUT2D eigenvalue weighted by atomic mass is 10.4. The van der Waals surface area contributed by atoms with Crippen molar-refractivity contribution in [1.82, 2.24) is 14.6 Å². The number of rotatable bonds is 1. The summed E-state index contributed by atoms with van der Waals surface area (Å²) in [5, 5.41) is 14.0. The minimum atomic E-state index is 0.0684. The third-order valence-electron chi connectivity index (χ3n) is 2.14. The molecule has 0 saturated carbocycles. The van der Waals surface area contributed by atoms with Gasteiger partial charge in [0.1, 0.15) is 0 Å². The first-order valence-corrected chi connectivity index (χ1v) is 4.92. The largest absolute Gasteiger partial charge is 0.504 e. The zero-order valence-corrected chi connectivity index (χ0v) is 8.72. The second-order valence-electron chi connectivity index (χ2n) is 3.20. The number of furan rings is 1. The van der Waals surface area contributed by atoms with E-state index in [0.717, 1.165) is 0 Å². The Morgan fingerprint density at radius 3 is 2.88 bits per heavy atom. The predicted octanol–water partition coefficient (Wildman–Crippen LogP) is 2.35. The molecule has 0 atom stereocenters. The van der Waals surface area contributed by atoms with Gasteiger partial charge in [0.05, 0.1) is 0 Å². The Morgan fingerprint density at radius 2 is 2.19 bits per heavy atom. The molecule has 0 amide bonds. The Hall–Kier alpha value is -2.01. The average Bonchev–Trinajstić information content (AvgIpc) is 2.84. The normalized spacial score (nSPS) is 11.1. The van der Waals surface area contributed by atoms with Gasteiger partial charge in [-0.25, -0.2) is 9.50 Å². The van der Waals surface area contributed by atoms with Crippen LogP contribution in [0.2, 0.25) is 5.22 Å². The van der Waals surface area contributed by atoms with E-state index < -0.39 is 0 Å². The predicted molar refractivity (Wildman–Crippen MR) is 57.4 cm³/mol. The van der Waals surface area contributed by atoms with Crippen LogP contribution in [0.3, 0.4) is 0 Å². The number of halogens is 1. The van der Waals surface area contributed by atoms with Crippen LogP contribution < -0.4 is 0 Å². The van der Waals surface area contributed by atoms with E-state index in [1.165, 1.54) is 4.52 Å². The SMILES string of the molecule is Oc1cccn2nc(-c3ccc(Cl)o3)nc12. The van der Waals surface area contributed by atoms with E-state index >= 15 is 0 Å². The van der Waals surface area contributed by atoms with Crippen molar-refractivity contribution in [3.8, 4) is 17.3 Å². The summed E-state index contributed by atoms with van der Waals surface area (Å²) in [5.74, 6) is 0.917. The van der Waals surface area contributed by atoms with Gasteiger partial charge in [-0.1, -0.05) is 0 Å². The number of hydrogen-bond donors (Lipinski definition) is 1. The van der Waals surface area contributed by atoms with E-state index in [1.54, 1.807) is 30.5 Å². The Labute approximate surface area is 94.9 Å². The highest BCUT2D eigenvalue weighted by Gasteiger charge is 2.11. The highest BCUT2D eigenvalue weighted by Crippen LogP contribution is 2.24. The van der Waals surface area contributed by atoms with Crippen molar-refractivity contribution in [2.75, 3.05) is 0 Å². The maximum Gasteiger partial charge on any atom is 0.218 e. The molecule has 0 bridgehead atoms. The second kappa shape index (κ2) is 3.24. The van der Waals surface area contributed by atoms with Crippen molar-refractivity contribution in [2.24, 2.45) is 0 Å². The molecular weight excluding hydrogens is 230 g/mol. The molecule has 80 valence electrons. The van der Waals surface area contributed by atoms with Gasteiger partial charge in [0.2, 0.25) is 5.82 Å². The molecule has 0 radical (unpaired) electrons. The van der Waals surface area contributed by atoms with E-state index in [-0.39, 0.29) is 11.0 Å². The Balaban J connectivity index is 2.22. The molecule has 3 heterocycles. The number of hydrogen-bond acceptors (Lipinski definition) is 4. The van der Waals surface area contributed by atoms with Gasteiger partial charge >= 0.3 is 0 Å². The molecule has 3 aromatic heterocycles. The average molecular weight is 236 g/mol. The zero-order chi connectivity index (χ0) is 11.1. The standard InChI is InChI=1S/C10H6ClN3O2/c11-8-4-3-7(16-8)9-12-10-6(15)2-1-5-14(10)13-9/h1-5,15H. The van der Waals surface area contributed by atoms with Gasteiger partial charge in [0.15, 0.2) is 22.4 Å². The van der Waals surface area contributed by atoms with Crippen LogP contribution in [0.4, 0.5) is 0 Å². The summed E-state index contributed by atoms with van der Waals surface area (Å²) in [5.41, 5.74) is 0.380. The molecule has 1 N–H and O–H groups in total. The molecule has 0 aromatic carbocycles. The fourth-order valence-electron chi connectivity index (χ4n) is 1.43. The fourth-order valence-corrected chi connectivity index (χ4v) is 1.58. The second-order valence-corrected chi connectivity index (χ2v) is 3.57. The van der Waals surface area contributed by atoms with Crippen LogP contribution >= 0.6 is 11.6 Å². The van der Waals surface area contributed by atoms with Gasteiger partial charge in [-0.2, -0.15) is 0 Å². The van der Waals surface area contributed by atoms with Gasteiger partial charge in [-0.15, -0.1) is 5.10 Å². The third kappa shape index (κ3) is 1.33. The zero-order valence-electron chi connectivity index (χ0n) is 7.96. The number of pyridine rings is 1. The van der Waals surface area contributed by atoms with Crippen LogP contribution in [0, 0.1) is 0 Å². The van der Waals surface area contributed by atoms with Gasteiger partial charge < -0.3 is 9.52 Å². The summed E-state index contributed by atoms with van der Waals surface area (Å²) in [6.45, 7) is 0. The van der Waals surface area contributed by atoms with Crippen molar-refractivity contribution in [3.63, 3.8) is 0 Å². The van der Waals surface area contributed by atoms with Crippen molar-refractivity contribution in [3.05, 3.63) is 35.7 Å². The lowest BCUT2D eigenvalue weighted by Gasteiger charge is -1.91. The van der Waals surface area contributed by atoms with Gasteiger partial charge in [-0.3, -0.25) is 0 Å². The van der Waals surface area contributed by atoms with Crippen LogP contribution in [0.5, 0.6) is 5.75 Å². The van der Waals surface area contributed by atoms with E-state index in [2.05, 4.69) is 10.1 Å². The summed E-state index contributed by atoms with van der Waals surface area (Å²) in [6, 6.07) is 6.51. The quantitative estimate of drug-likeness (QED) is 0.703. The van der Waals surface area contributed by atoms with Crippen molar-refractivity contribution in [2.45, 2.75) is 0 Å². The molecule has 3 aromatic rings. The van der Waals surface area contributed by atoms with Crippen LogP contribution in [-0.2, 0) is 0 Å². The van der Waals surface area contributed by atoms with E-state index in [4.69, 9.17) is 16.0 Å². The summed E-state index contributed by atoms with van der Waals surface area (Å²) < 4.78 is 6.66. The maximum atomic E-state index is 9.56. The van der Waals surface area contributed by atoms with Gasteiger partial charge in [0.25, 0.3) is 0 Å². The van der Waals surface area contributed by atoms with Crippen LogP contribution in [0.15, 0.2) is 34.9 Å². The van der Waals surface area contributed by atoms with Crippen molar-refractivity contribution in [1.29, 1.82) is 0 Å². The van der Waals surface area contributed by atoms with Crippen molar-refractivity contribution >= 4 is 17.2 Å². The molecule has 6 heteroatoms. The first-order chi connectivity index (χ1) is 7.74. The molecule has 5 nitrogen and oxygen atoms in total. The Morgan fingerprint density at radius 1 is 1.31 bits per heavy atom. The van der Waals surface area contributed by atoms with Crippen LogP contribution in [0.25, 0.3) is 17.2 Å². The van der Waals surface area contributed by atoms with E-state index in [1.807, 2.05) is 0 Å². The Bertz CT molecular complexity index is 659. The monoisotopic (exact) mass is 235 g/mol. The Kier molecular flexibility index (Phi) is 1.87. The maximum absolute atomic E-state index is 9.56. The molecule has 0 spiro atoms. The third-order valence-corrected chi connectivity index (χ3v) is 2.34. The number of fused-ring (bicyclic) bond motifs is 1. The first kappa shape index (κ1) is 9.23. The highest BCUT2D eigenvalue weighted by atomic mass is 35.5. The highest BCUT2D eigenvalue weighted by molar-refractivity contribution is 6.28. The molecule has 0 fully saturated rings. The molecule has 0 aliphatic rings. The fraction of sp³-hybridized carbons (Fsp3) is 0. The molecule has 3 rings (SSSR count). The van der Waals surface area contributed by atoms with E-state index in [0.29, 0.717) is 17.2 Å². The van der Waals surface area contributed by atoms with Crippen LogP contribution in [0.1, 0.15) is 0 Å². The molecule has 16 heavy (non-hydrogen) atoms. The van der Waals surface area contributed by atoms with Gasteiger partial charge in [-0.05, 0) is 35.9 Å². The lowest BCUT2D eigenvalue weighted by Crippen LogP contribution is -1.85. The first-order valence-electron chi connectivity index (χ1n) is 4.54. The molecule has 0 aliphatic carbocycles. The molecule has 0 aliphatic heterocycles. The van der Waals surface area contributed by atoms with Gasteiger partial charge in [0, 0.05) is 6.20 Å². The minimum Gasteiger partial charge on any atom is -0.504 e. The molecule has 0 unspecified atom stereocenters. The smallest absolute Gasteiger partial charge is 0.218 e. The van der Waals surface area contributed by atoms with Crippen LogP contribution in [-0.4, -0.2) is 19.7 Å². The summed E-state index contributed by atoms with van der Waals surface area (Å²) >= 11 is 5.66. The summed E-state index contributed by atoms with van der Waals surface area (Å²) in [4.78, 5) is 4.15. The summed E-state index contributed by atoms with van der Waals surface area (Å²) in [6.07, 6.45) is 1.69. The van der Waals surface area contributed by atoms with Crippen molar-refractivity contribution < 1.29 is 9.52 Å². The topological polar surface area (TPSA) is 63.6 Å².